The van der Waals surface area contributed by atoms with Crippen LogP contribution in [0.3, 0.4) is 0 Å². The van der Waals surface area contributed by atoms with Gasteiger partial charge in [0.2, 0.25) is 0 Å². The second-order valence-corrected chi connectivity index (χ2v) is 10.4. The fraction of sp³-hybridized carbons (Fsp3) is 0.321. The molecule has 3 amide bonds. The molecular formula is C28H31N3O4S. The Morgan fingerprint density at radius 3 is 2.25 bits per heavy atom. The number of ether oxygens (including phenoxy) is 1. The van der Waals surface area contributed by atoms with Crippen molar-refractivity contribution in [2.75, 3.05) is 10.6 Å². The molecule has 7 nitrogen and oxygen atoms in total. The maximum atomic E-state index is 12.9. The van der Waals surface area contributed by atoms with Gasteiger partial charge in [0.15, 0.2) is 6.10 Å². The number of amides is 3. The van der Waals surface area contributed by atoms with Crippen molar-refractivity contribution in [3.05, 3.63) is 74.7 Å². The van der Waals surface area contributed by atoms with Gasteiger partial charge in [-0.3, -0.25) is 14.4 Å². The number of carbonyl (C=O) groups is 3. The molecule has 1 atom stereocenters. The number of benzene rings is 2. The summed E-state index contributed by atoms with van der Waals surface area (Å²) < 4.78 is 5.81. The molecular weight excluding hydrogens is 474 g/mol. The van der Waals surface area contributed by atoms with Gasteiger partial charge in [-0.2, -0.15) is 0 Å². The van der Waals surface area contributed by atoms with Crippen molar-refractivity contribution >= 4 is 39.7 Å². The molecule has 4 N–H and O–H groups in total. The Kier molecular flexibility index (Phi) is 7.45. The molecule has 0 saturated carbocycles. The van der Waals surface area contributed by atoms with Gasteiger partial charge >= 0.3 is 0 Å². The molecule has 1 aliphatic carbocycles. The third-order valence-corrected chi connectivity index (χ3v) is 7.58. The van der Waals surface area contributed by atoms with Crippen LogP contribution in [0.5, 0.6) is 5.75 Å². The maximum Gasteiger partial charge on any atom is 0.265 e. The van der Waals surface area contributed by atoms with Crippen LogP contribution < -0.4 is 21.1 Å². The molecule has 1 heterocycles. The number of carbonyl (C=O) groups excluding carboxylic acids is 3. The monoisotopic (exact) mass is 505 g/mol. The van der Waals surface area contributed by atoms with Gasteiger partial charge in [0.05, 0.1) is 5.56 Å². The number of nitrogens with one attached hydrogen (secondary N) is 2. The molecule has 0 aliphatic heterocycles. The van der Waals surface area contributed by atoms with Crippen LogP contribution in [0.2, 0.25) is 0 Å². The minimum Gasteiger partial charge on any atom is -0.481 e. The lowest BCUT2D eigenvalue weighted by atomic mass is 9.95. The molecule has 188 valence electrons. The number of nitrogens with two attached hydrogens (primary N) is 1. The first-order valence-electron chi connectivity index (χ1n) is 12.0. The molecule has 1 aliphatic rings. The zero-order valence-corrected chi connectivity index (χ0v) is 21.8. The third kappa shape index (κ3) is 5.44. The van der Waals surface area contributed by atoms with E-state index in [1.54, 1.807) is 31.2 Å². The Labute approximate surface area is 215 Å². The van der Waals surface area contributed by atoms with Crippen LogP contribution in [0, 0.1) is 20.8 Å². The lowest BCUT2D eigenvalue weighted by molar-refractivity contribution is -0.122. The molecule has 0 saturated heterocycles. The van der Waals surface area contributed by atoms with E-state index in [9.17, 15) is 14.4 Å². The molecule has 0 spiro atoms. The standard InChI is InChI=1S/C28H31N3O4S/c1-15-13-16(2)24(17(3)14-15)30-26(33)18(4)35-20-11-9-19(10-12-20)27(34)31-28-23(25(29)32)21-7-5-6-8-22(21)36-28/h9-14,18H,5-8H2,1-4H3,(H2,29,32)(H,30,33)(H,31,34). The van der Waals surface area contributed by atoms with Crippen LogP contribution in [0.1, 0.15) is 67.6 Å². The summed E-state index contributed by atoms with van der Waals surface area (Å²) >= 11 is 1.43. The quantitative estimate of drug-likeness (QED) is 0.404. The number of fused-ring (bicyclic) bond motifs is 1. The van der Waals surface area contributed by atoms with Crippen LogP contribution in [-0.4, -0.2) is 23.8 Å². The van der Waals surface area contributed by atoms with Gasteiger partial charge in [-0.15, -0.1) is 11.3 Å². The van der Waals surface area contributed by atoms with Gasteiger partial charge in [-0.1, -0.05) is 17.7 Å². The van der Waals surface area contributed by atoms with E-state index in [0.717, 1.165) is 58.5 Å². The summed E-state index contributed by atoms with van der Waals surface area (Å²) in [5.41, 5.74) is 11.4. The molecule has 8 heteroatoms. The lowest BCUT2D eigenvalue weighted by Gasteiger charge is -2.18. The van der Waals surface area contributed by atoms with E-state index in [2.05, 4.69) is 10.6 Å². The first-order valence-corrected chi connectivity index (χ1v) is 12.9. The van der Waals surface area contributed by atoms with E-state index in [-0.39, 0.29) is 11.8 Å². The van der Waals surface area contributed by atoms with Gasteiger partial charge in [-0.05, 0) is 94.3 Å². The van der Waals surface area contributed by atoms with Crippen molar-refractivity contribution in [1.29, 1.82) is 0 Å². The second-order valence-electron chi connectivity index (χ2n) is 9.28. The minimum absolute atomic E-state index is 0.257. The largest absolute Gasteiger partial charge is 0.481 e. The Hall–Kier alpha value is -3.65. The normalized spacial score (nSPS) is 13.4. The summed E-state index contributed by atoms with van der Waals surface area (Å²) in [6.07, 6.45) is 3.05. The highest BCUT2D eigenvalue weighted by Gasteiger charge is 2.25. The summed E-state index contributed by atoms with van der Waals surface area (Å²) in [5, 5.41) is 6.32. The van der Waals surface area contributed by atoms with Crippen LogP contribution in [-0.2, 0) is 17.6 Å². The number of hydrogen-bond donors (Lipinski definition) is 3. The smallest absolute Gasteiger partial charge is 0.265 e. The molecule has 3 aromatic rings. The molecule has 36 heavy (non-hydrogen) atoms. The number of hydrogen-bond acceptors (Lipinski definition) is 5. The highest BCUT2D eigenvalue weighted by atomic mass is 32.1. The highest BCUT2D eigenvalue weighted by Crippen LogP contribution is 2.38. The summed E-state index contributed by atoms with van der Waals surface area (Å²) in [6, 6.07) is 10.6. The average molecular weight is 506 g/mol. The van der Waals surface area contributed by atoms with E-state index < -0.39 is 12.0 Å². The van der Waals surface area contributed by atoms with Gasteiger partial charge in [0.1, 0.15) is 10.8 Å². The predicted molar refractivity (Wildman–Crippen MR) is 143 cm³/mol. The van der Waals surface area contributed by atoms with Crippen LogP contribution in [0.15, 0.2) is 36.4 Å². The molecule has 0 fully saturated rings. The predicted octanol–water partition coefficient (Wildman–Crippen LogP) is 5.31. The Morgan fingerprint density at radius 1 is 0.972 bits per heavy atom. The van der Waals surface area contributed by atoms with E-state index in [4.69, 9.17) is 10.5 Å². The molecule has 2 aromatic carbocycles. The van der Waals surface area contributed by atoms with Crippen LogP contribution in [0.25, 0.3) is 0 Å². The number of anilines is 2. The van der Waals surface area contributed by atoms with Gasteiger partial charge in [-0.25, -0.2) is 0 Å². The third-order valence-electron chi connectivity index (χ3n) is 6.37. The minimum atomic E-state index is -0.736. The van der Waals surface area contributed by atoms with E-state index in [1.165, 1.54) is 11.3 Å². The van der Waals surface area contributed by atoms with Gasteiger partial charge in [0.25, 0.3) is 17.7 Å². The zero-order valence-electron chi connectivity index (χ0n) is 21.0. The average Bonchev–Trinajstić information content (AvgIpc) is 3.19. The first-order chi connectivity index (χ1) is 17.1. The Bertz CT molecular complexity index is 1300. The molecule has 1 unspecified atom stereocenters. The van der Waals surface area contributed by atoms with Crippen LogP contribution in [0.4, 0.5) is 10.7 Å². The summed E-state index contributed by atoms with van der Waals surface area (Å²) in [5.74, 6) is -0.640. The van der Waals surface area contributed by atoms with Crippen molar-refractivity contribution < 1.29 is 19.1 Å². The number of aryl methyl sites for hydroxylation is 4. The fourth-order valence-corrected chi connectivity index (χ4v) is 5.92. The molecule has 4 rings (SSSR count). The topological polar surface area (TPSA) is 111 Å². The van der Waals surface area contributed by atoms with Crippen LogP contribution >= 0.6 is 11.3 Å². The number of rotatable bonds is 7. The van der Waals surface area contributed by atoms with Crippen molar-refractivity contribution in [2.24, 2.45) is 5.73 Å². The van der Waals surface area contributed by atoms with Crippen molar-refractivity contribution in [3.63, 3.8) is 0 Å². The van der Waals surface area contributed by atoms with E-state index in [0.29, 0.717) is 21.9 Å². The van der Waals surface area contributed by atoms with E-state index in [1.807, 2.05) is 32.9 Å². The molecule has 0 bridgehead atoms. The SMILES string of the molecule is Cc1cc(C)c(NC(=O)C(C)Oc2ccc(C(=O)Nc3sc4c(c3C(N)=O)CCCC4)cc2)c(C)c1. The summed E-state index contributed by atoms with van der Waals surface area (Å²) in [7, 11) is 0. The van der Waals surface area contributed by atoms with Gasteiger partial charge < -0.3 is 21.1 Å². The zero-order chi connectivity index (χ0) is 26.0. The second kappa shape index (κ2) is 10.5. The Balaban J connectivity index is 1.41. The van der Waals surface area contributed by atoms with Crippen molar-refractivity contribution in [3.8, 4) is 5.75 Å². The summed E-state index contributed by atoms with van der Waals surface area (Å²) in [4.78, 5) is 38.8. The van der Waals surface area contributed by atoms with Gasteiger partial charge in [0, 0.05) is 16.1 Å². The lowest BCUT2D eigenvalue weighted by Crippen LogP contribution is -2.30. The summed E-state index contributed by atoms with van der Waals surface area (Å²) in [6.45, 7) is 7.62. The molecule has 0 radical (unpaired) electrons. The van der Waals surface area contributed by atoms with E-state index >= 15 is 0 Å². The maximum absolute atomic E-state index is 12.9. The molecule has 1 aromatic heterocycles. The first kappa shape index (κ1) is 25.4. The Morgan fingerprint density at radius 2 is 1.61 bits per heavy atom. The number of primary amides is 1. The number of thiophene rings is 1. The fourth-order valence-electron chi connectivity index (χ4n) is 4.63. The van der Waals surface area contributed by atoms with Crippen molar-refractivity contribution in [2.45, 2.75) is 59.5 Å². The van der Waals surface area contributed by atoms with Crippen molar-refractivity contribution in [1.82, 2.24) is 0 Å². The highest BCUT2D eigenvalue weighted by molar-refractivity contribution is 7.17.